The average Bonchev–Trinajstić information content (AvgIpc) is 3.27. The number of benzene rings is 1. The Bertz CT molecular complexity index is 899. The summed E-state index contributed by atoms with van der Waals surface area (Å²) in [5.74, 6) is 2.43. The van der Waals surface area contributed by atoms with Gasteiger partial charge in [-0.1, -0.05) is 12.1 Å². The van der Waals surface area contributed by atoms with Crippen LogP contribution in [0.15, 0.2) is 40.8 Å². The molecule has 1 fully saturated rings. The molecule has 1 amide bonds. The van der Waals surface area contributed by atoms with E-state index in [1.54, 1.807) is 11.3 Å². The minimum absolute atomic E-state index is 0.224. The number of carbonyl (C=O) groups excluding carboxylic acids is 1. The molecule has 6 heteroatoms. The Morgan fingerprint density at radius 2 is 2.19 bits per heavy atom. The first kappa shape index (κ1) is 18.2. The first-order chi connectivity index (χ1) is 13.1. The molecule has 1 unspecified atom stereocenters. The number of quaternary nitrogens is 1. The van der Waals surface area contributed by atoms with Gasteiger partial charge in [0.2, 0.25) is 0 Å². The van der Waals surface area contributed by atoms with Crippen LogP contribution in [0.4, 0.5) is 0 Å². The summed E-state index contributed by atoms with van der Waals surface area (Å²) >= 11 is 1.77. The van der Waals surface area contributed by atoms with Gasteiger partial charge < -0.3 is 14.2 Å². The number of nitrogens with zero attached hydrogens (tertiary/aromatic N) is 2. The number of thiazole rings is 1. The summed E-state index contributed by atoms with van der Waals surface area (Å²) in [6.45, 7) is 4.81. The van der Waals surface area contributed by atoms with Crippen LogP contribution in [0, 0.1) is 6.92 Å². The van der Waals surface area contributed by atoms with E-state index >= 15 is 0 Å². The van der Waals surface area contributed by atoms with Crippen molar-refractivity contribution < 1.29 is 14.1 Å². The van der Waals surface area contributed by atoms with Crippen LogP contribution in [0.2, 0.25) is 0 Å². The molecule has 1 aromatic carbocycles. The Hall–Kier alpha value is -2.18. The lowest BCUT2D eigenvalue weighted by molar-refractivity contribution is -0.886. The normalized spacial score (nSPS) is 18.7. The Morgan fingerprint density at radius 1 is 1.33 bits per heavy atom. The maximum atomic E-state index is 12.8. The molecule has 27 heavy (non-hydrogen) atoms. The van der Waals surface area contributed by atoms with Gasteiger partial charge in [-0.25, -0.2) is 4.98 Å². The van der Waals surface area contributed by atoms with Crippen LogP contribution in [-0.4, -0.2) is 42.5 Å². The number of hydrogen-bond acceptors (Lipinski definition) is 4. The van der Waals surface area contributed by atoms with Gasteiger partial charge in [0.15, 0.2) is 12.3 Å². The second kappa shape index (κ2) is 7.82. The third-order valence-corrected chi connectivity index (χ3v) is 6.36. The molecule has 3 aromatic rings. The monoisotopic (exact) mass is 384 g/mol. The molecule has 4 rings (SSSR count). The van der Waals surface area contributed by atoms with Crippen LogP contribution in [-0.2, 0) is 11.3 Å². The molecular weight excluding hydrogens is 358 g/mol. The highest BCUT2D eigenvalue weighted by atomic mass is 32.1. The van der Waals surface area contributed by atoms with E-state index in [-0.39, 0.29) is 5.91 Å². The van der Waals surface area contributed by atoms with E-state index in [0.29, 0.717) is 12.5 Å². The van der Waals surface area contributed by atoms with Gasteiger partial charge in [0.05, 0.1) is 22.3 Å². The number of likely N-dealkylation sites (N-methyl/N-ethyl adjacent to an activating group) is 1. The summed E-state index contributed by atoms with van der Waals surface area (Å²) in [6.07, 6.45) is 2.15. The number of carbonyl (C=O) groups is 1. The Kier molecular flexibility index (Phi) is 5.27. The smallest absolute Gasteiger partial charge is 0.277 e. The molecule has 5 nitrogen and oxygen atoms in total. The lowest BCUT2D eigenvalue weighted by Crippen LogP contribution is -3.08. The molecule has 1 aliphatic heterocycles. The number of likely N-dealkylation sites (tertiary alicyclic amines) is 1. The zero-order valence-electron chi connectivity index (χ0n) is 15.9. The Balaban J connectivity index is 1.37. The number of amides is 1. The van der Waals surface area contributed by atoms with Crippen molar-refractivity contribution in [2.45, 2.75) is 32.2 Å². The summed E-state index contributed by atoms with van der Waals surface area (Å²) in [5, 5.41) is 1.17. The van der Waals surface area contributed by atoms with Gasteiger partial charge in [0.1, 0.15) is 12.3 Å². The fourth-order valence-corrected chi connectivity index (χ4v) is 4.87. The molecular formula is C21H26N3O2S+. The molecule has 142 valence electrons. The predicted octanol–water partition coefficient (Wildman–Crippen LogP) is 2.62. The van der Waals surface area contributed by atoms with Crippen molar-refractivity contribution in [3.63, 3.8) is 0 Å². The van der Waals surface area contributed by atoms with Crippen molar-refractivity contribution in [1.29, 1.82) is 0 Å². The van der Waals surface area contributed by atoms with Gasteiger partial charge in [0, 0.05) is 19.0 Å². The van der Waals surface area contributed by atoms with E-state index in [1.807, 2.05) is 37.1 Å². The van der Waals surface area contributed by atoms with Crippen molar-refractivity contribution >= 4 is 27.5 Å². The highest BCUT2D eigenvalue weighted by Gasteiger charge is 2.28. The highest BCUT2D eigenvalue weighted by molar-refractivity contribution is 7.18. The first-order valence-corrected chi connectivity index (χ1v) is 10.4. The SMILES string of the molecule is Cc1ccc(C[NH+](C)CC(=O)N2CCC[C@@H](c3nc4ccccc4s3)C2)o1. The third kappa shape index (κ3) is 4.22. The maximum Gasteiger partial charge on any atom is 0.277 e. The van der Waals surface area contributed by atoms with E-state index in [1.165, 1.54) is 9.71 Å². The van der Waals surface area contributed by atoms with Crippen LogP contribution < -0.4 is 4.90 Å². The Labute approximate surface area is 163 Å². The van der Waals surface area contributed by atoms with E-state index in [4.69, 9.17) is 9.40 Å². The number of hydrogen-bond donors (Lipinski definition) is 1. The zero-order chi connectivity index (χ0) is 18.8. The van der Waals surface area contributed by atoms with E-state index < -0.39 is 0 Å². The number of aryl methyl sites for hydroxylation is 1. The van der Waals surface area contributed by atoms with E-state index in [9.17, 15) is 4.79 Å². The number of piperidine rings is 1. The van der Waals surface area contributed by atoms with Crippen LogP contribution in [0.1, 0.15) is 35.3 Å². The summed E-state index contributed by atoms with van der Waals surface area (Å²) in [4.78, 5) is 20.8. The van der Waals surface area contributed by atoms with Gasteiger partial charge in [-0.15, -0.1) is 11.3 Å². The first-order valence-electron chi connectivity index (χ1n) is 9.58. The molecule has 1 saturated heterocycles. The lowest BCUT2D eigenvalue weighted by atomic mass is 9.98. The summed E-state index contributed by atoms with van der Waals surface area (Å²) in [7, 11) is 2.05. The summed E-state index contributed by atoms with van der Waals surface area (Å²) < 4.78 is 6.86. The number of fused-ring (bicyclic) bond motifs is 1. The predicted molar refractivity (Wildman–Crippen MR) is 107 cm³/mol. The number of para-hydroxylation sites is 1. The Morgan fingerprint density at radius 3 is 2.96 bits per heavy atom. The topological polar surface area (TPSA) is 50.8 Å². The maximum absolute atomic E-state index is 12.8. The van der Waals surface area contributed by atoms with Gasteiger partial charge in [-0.05, 0) is 44.0 Å². The molecule has 1 N–H and O–H groups in total. The van der Waals surface area contributed by atoms with Gasteiger partial charge in [0.25, 0.3) is 5.91 Å². The van der Waals surface area contributed by atoms with Gasteiger partial charge in [-0.3, -0.25) is 4.79 Å². The molecule has 0 aliphatic carbocycles. The highest BCUT2D eigenvalue weighted by Crippen LogP contribution is 2.32. The molecule has 0 saturated carbocycles. The number of rotatable bonds is 5. The standard InChI is InChI=1S/C21H25N3O2S/c1-15-9-10-17(26-15)13-23(2)14-20(25)24-11-5-6-16(12-24)21-22-18-7-3-4-8-19(18)27-21/h3-4,7-10,16H,5-6,11-14H2,1-2H3/p+1/t16-/m1/s1. The molecule has 3 heterocycles. The van der Waals surface area contributed by atoms with Crippen molar-refractivity contribution in [2.75, 3.05) is 26.7 Å². The van der Waals surface area contributed by atoms with Crippen LogP contribution in [0.3, 0.4) is 0 Å². The second-order valence-electron chi connectivity index (χ2n) is 7.52. The molecule has 0 radical (unpaired) electrons. The molecule has 0 spiro atoms. The average molecular weight is 385 g/mol. The van der Waals surface area contributed by atoms with E-state index in [2.05, 4.69) is 18.2 Å². The molecule has 0 bridgehead atoms. The molecule has 2 aromatic heterocycles. The van der Waals surface area contributed by atoms with Gasteiger partial charge >= 0.3 is 0 Å². The third-order valence-electron chi connectivity index (χ3n) is 5.16. The number of nitrogens with one attached hydrogen (secondary N) is 1. The van der Waals surface area contributed by atoms with Crippen LogP contribution >= 0.6 is 11.3 Å². The molecule has 1 aliphatic rings. The number of aromatic nitrogens is 1. The van der Waals surface area contributed by atoms with Crippen molar-refractivity contribution in [3.8, 4) is 0 Å². The van der Waals surface area contributed by atoms with Crippen molar-refractivity contribution in [3.05, 3.63) is 52.9 Å². The largest absolute Gasteiger partial charge is 0.460 e. The van der Waals surface area contributed by atoms with Gasteiger partial charge in [-0.2, -0.15) is 0 Å². The van der Waals surface area contributed by atoms with Crippen LogP contribution in [0.25, 0.3) is 10.2 Å². The summed E-state index contributed by atoms with van der Waals surface area (Å²) in [6, 6.07) is 12.2. The van der Waals surface area contributed by atoms with Crippen molar-refractivity contribution in [2.24, 2.45) is 0 Å². The fourth-order valence-electron chi connectivity index (χ4n) is 3.78. The summed E-state index contributed by atoms with van der Waals surface area (Å²) in [5.41, 5.74) is 1.07. The fraction of sp³-hybridized carbons (Fsp3) is 0.429. The lowest BCUT2D eigenvalue weighted by Gasteiger charge is -2.32. The minimum atomic E-state index is 0.224. The molecule has 2 atom stereocenters. The second-order valence-corrected chi connectivity index (χ2v) is 8.58. The number of furan rings is 1. The van der Waals surface area contributed by atoms with Crippen molar-refractivity contribution in [1.82, 2.24) is 9.88 Å². The zero-order valence-corrected chi connectivity index (χ0v) is 16.7. The van der Waals surface area contributed by atoms with Crippen LogP contribution in [0.5, 0.6) is 0 Å². The van der Waals surface area contributed by atoms with E-state index in [0.717, 1.165) is 54.4 Å². The quantitative estimate of drug-likeness (QED) is 0.736. The minimum Gasteiger partial charge on any atom is -0.460 e.